The van der Waals surface area contributed by atoms with Gasteiger partial charge in [0.05, 0.1) is 6.04 Å². The molecule has 3 unspecified atom stereocenters. The third-order valence-corrected chi connectivity index (χ3v) is 5.62. The van der Waals surface area contributed by atoms with Crippen molar-refractivity contribution < 1.29 is 9.53 Å². The number of hydrogen-bond donors (Lipinski definition) is 0. The van der Waals surface area contributed by atoms with Gasteiger partial charge in [0.1, 0.15) is 11.6 Å². The van der Waals surface area contributed by atoms with Crippen molar-refractivity contribution >= 4 is 11.8 Å². The van der Waals surface area contributed by atoms with Crippen molar-refractivity contribution in [2.24, 2.45) is 16.3 Å². The first-order valence-corrected chi connectivity index (χ1v) is 8.95. The maximum atomic E-state index is 12.4. The predicted octanol–water partition coefficient (Wildman–Crippen LogP) is 3.90. The number of hydrogen-bond acceptors (Lipinski definition) is 4. The number of carbonyl (C=O) groups excluding carboxylic acids is 1. The molecule has 3 atom stereocenters. The molecule has 130 valence electrons. The third kappa shape index (κ3) is 2.80. The zero-order valence-electron chi connectivity index (χ0n) is 15.0. The number of carbonyl (C=O) groups is 1. The second kappa shape index (κ2) is 5.87. The largest absolute Gasteiger partial charge is 0.425 e. The molecule has 3 aliphatic heterocycles. The molecule has 0 radical (unpaired) electrons. The minimum Gasteiger partial charge on any atom is -0.425 e. The Morgan fingerprint density at radius 1 is 1.36 bits per heavy atom. The highest BCUT2D eigenvalue weighted by Gasteiger charge is 2.42. The number of aliphatic imine (C=N–C) groups is 1. The Kier molecular flexibility index (Phi) is 3.78. The Balaban J connectivity index is 1.59. The standard InChI is InChI=1S/C21H24N2O2/c1-14-7-6-11-21(2,3)16(14)10-9-15-13-17-19(20(24)25-15)22-18-8-4-5-12-23(17)18/h4-5,7-10,12-13,16-17,19H,6,11H2,1-3H3/b10-9+. The van der Waals surface area contributed by atoms with E-state index in [2.05, 4.69) is 37.9 Å². The van der Waals surface area contributed by atoms with Gasteiger partial charge in [0, 0.05) is 12.1 Å². The first kappa shape index (κ1) is 16.1. The first-order valence-electron chi connectivity index (χ1n) is 8.95. The average molecular weight is 336 g/mol. The van der Waals surface area contributed by atoms with Gasteiger partial charge < -0.3 is 9.64 Å². The molecule has 4 nitrogen and oxygen atoms in total. The molecule has 25 heavy (non-hydrogen) atoms. The molecule has 0 saturated carbocycles. The molecule has 0 bridgehead atoms. The number of nitrogens with zero attached hydrogens (tertiary/aromatic N) is 2. The smallest absolute Gasteiger partial charge is 0.338 e. The van der Waals surface area contributed by atoms with Crippen LogP contribution in [0.2, 0.25) is 0 Å². The van der Waals surface area contributed by atoms with E-state index < -0.39 is 6.04 Å². The van der Waals surface area contributed by atoms with Crippen molar-refractivity contribution in [2.75, 3.05) is 0 Å². The van der Waals surface area contributed by atoms with Crippen molar-refractivity contribution in [3.63, 3.8) is 0 Å². The monoisotopic (exact) mass is 336 g/mol. The highest BCUT2D eigenvalue weighted by molar-refractivity contribution is 6.00. The summed E-state index contributed by atoms with van der Waals surface area (Å²) < 4.78 is 5.53. The number of amidine groups is 1. The molecule has 0 fully saturated rings. The number of allylic oxidation sites excluding steroid dienone is 6. The quantitative estimate of drug-likeness (QED) is 0.567. The van der Waals surface area contributed by atoms with Gasteiger partial charge in [-0.3, -0.25) is 4.99 Å². The van der Waals surface area contributed by atoms with Gasteiger partial charge in [-0.15, -0.1) is 0 Å². The van der Waals surface area contributed by atoms with Gasteiger partial charge in [0.2, 0.25) is 0 Å². The second-order valence-electron chi connectivity index (χ2n) is 7.83. The Bertz CT molecular complexity index is 780. The van der Waals surface area contributed by atoms with E-state index in [0.29, 0.717) is 11.7 Å². The van der Waals surface area contributed by atoms with Crippen LogP contribution in [0.5, 0.6) is 0 Å². The molecule has 4 heteroatoms. The van der Waals surface area contributed by atoms with Crippen LogP contribution in [-0.4, -0.2) is 28.8 Å². The summed E-state index contributed by atoms with van der Waals surface area (Å²) in [4.78, 5) is 18.9. The molecule has 0 aromatic rings. The van der Waals surface area contributed by atoms with Crippen LogP contribution in [0.1, 0.15) is 33.6 Å². The fourth-order valence-electron chi connectivity index (χ4n) is 4.19. The van der Waals surface area contributed by atoms with E-state index in [9.17, 15) is 4.79 Å². The van der Waals surface area contributed by atoms with Crippen LogP contribution < -0.4 is 0 Å². The fraction of sp³-hybridized carbons (Fsp3) is 0.429. The van der Waals surface area contributed by atoms with E-state index >= 15 is 0 Å². The molecule has 1 aliphatic carbocycles. The number of rotatable bonds is 2. The Morgan fingerprint density at radius 2 is 2.20 bits per heavy atom. The summed E-state index contributed by atoms with van der Waals surface area (Å²) in [5.74, 6) is 1.54. The summed E-state index contributed by atoms with van der Waals surface area (Å²) in [6.45, 7) is 6.80. The molecule has 0 saturated heterocycles. The maximum Gasteiger partial charge on any atom is 0.338 e. The molecule has 0 spiro atoms. The van der Waals surface area contributed by atoms with Crippen LogP contribution in [0.15, 0.2) is 65.1 Å². The van der Waals surface area contributed by atoms with Crippen LogP contribution in [-0.2, 0) is 9.53 Å². The number of fused-ring (bicyclic) bond motifs is 3. The van der Waals surface area contributed by atoms with Crippen LogP contribution >= 0.6 is 0 Å². The lowest BCUT2D eigenvalue weighted by Crippen LogP contribution is -2.41. The van der Waals surface area contributed by atoms with E-state index in [-0.39, 0.29) is 17.4 Å². The van der Waals surface area contributed by atoms with Gasteiger partial charge in [-0.1, -0.05) is 37.6 Å². The van der Waals surface area contributed by atoms with Gasteiger partial charge in [-0.2, -0.15) is 0 Å². The van der Waals surface area contributed by atoms with Gasteiger partial charge in [0.15, 0.2) is 6.04 Å². The van der Waals surface area contributed by atoms with E-state index in [1.807, 2.05) is 41.5 Å². The highest BCUT2D eigenvalue weighted by atomic mass is 16.5. The summed E-state index contributed by atoms with van der Waals surface area (Å²) in [6.07, 6.45) is 18.6. The fourth-order valence-corrected chi connectivity index (χ4v) is 4.19. The van der Waals surface area contributed by atoms with Crippen molar-refractivity contribution in [1.29, 1.82) is 0 Å². The van der Waals surface area contributed by atoms with Crippen molar-refractivity contribution in [2.45, 2.75) is 45.7 Å². The lowest BCUT2D eigenvalue weighted by molar-refractivity contribution is -0.142. The van der Waals surface area contributed by atoms with Crippen LogP contribution in [0.4, 0.5) is 0 Å². The Labute approximate surface area is 148 Å². The molecule has 4 rings (SSSR count). The average Bonchev–Trinajstić information content (AvgIpc) is 2.93. The van der Waals surface area contributed by atoms with E-state index in [1.165, 1.54) is 12.0 Å². The van der Waals surface area contributed by atoms with Gasteiger partial charge in [-0.05, 0) is 49.5 Å². The molecule has 3 heterocycles. The highest BCUT2D eigenvalue weighted by Crippen LogP contribution is 2.42. The van der Waals surface area contributed by atoms with Crippen molar-refractivity contribution in [1.82, 2.24) is 4.90 Å². The molecule has 0 aromatic heterocycles. The van der Waals surface area contributed by atoms with Crippen molar-refractivity contribution in [3.8, 4) is 0 Å². The predicted molar refractivity (Wildman–Crippen MR) is 98.7 cm³/mol. The molecular formula is C21H24N2O2. The SMILES string of the molecule is CC1=CCCC(C)(C)C1/C=C/C1=CC2C(N=C3C=CC=CN32)C(=O)O1. The van der Waals surface area contributed by atoms with Crippen LogP contribution in [0.3, 0.4) is 0 Å². The first-order chi connectivity index (χ1) is 12.0. The van der Waals surface area contributed by atoms with Gasteiger partial charge >= 0.3 is 5.97 Å². The van der Waals surface area contributed by atoms with Crippen LogP contribution in [0.25, 0.3) is 0 Å². The van der Waals surface area contributed by atoms with Crippen LogP contribution in [0, 0.1) is 11.3 Å². The van der Waals surface area contributed by atoms with Gasteiger partial charge in [0.25, 0.3) is 0 Å². The minimum atomic E-state index is -0.465. The minimum absolute atomic E-state index is 0.0897. The summed E-state index contributed by atoms with van der Waals surface area (Å²) in [7, 11) is 0. The Hall–Kier alpha value is -2.36. The number of cyclic esters (lactones) is 1. The van der Waals surface area contributed by atoms with E-state index in [0.717, 1.165) is 12.3 Å². The number of esters is 1. The summed E-state index contributed by atoms with van der Waals surface area (Å²) in [5.41, 5.74) is 1.62. The topological polar surface area (TPSA) is 41.9 Å². The zero-order valence-corrected chi connectivity index (χ0v) is 15.0. The third-order valence-electron chi connectivity index (χ3n) is 5.62. The summed E-state index contributed by atoms with van der Waals surface area (Å²) in [5, 5.41) is 0. The second-order valence-corrected chi connectivity index (χ2v) is 7.83. The van der Waals surface area contributed by atoms with E-state index in [1.54, 1.807) is 0 Å². The Morgan fingerprint density at radius 3 is 3.00 bits per heavy atom. The summed E-state index contributed by atoms with van der Waals surface area (Å²) >= 11 is 0. The molecule has 0 amide bonds. The van der Waals surface area contributed by atoms with Crippen molar-refractivity contribution in [3.05, 3.63) is 60.1 Å². The summed E-state index contributed by atoms with van der Waals surface area (Å²) in [6, 6.07) is -0.555. The van der Waals surface area contributed by atoms with Gasteiger partial charge in [-0.25, -0.2) is 4.79 Å². The lowest BCUT2D eigenvalue weighted by atomic mass is 9.68. The van der Waals surface area contributed by atoms with E-state index in [4.69, 9.17) is 4.74 Å². The molecule has 4 aliphatic rings. The lowest BCUT2D eigenvalue weighted by Gasteiger charge is -2.36. The normalized spacial score (nSPS) is 32.8. The molecule has 0 N–H and O–H groups in total. The molecule has 0 aromatic carbocycles. The number of ether oxygens (including phenoxy) is 1. The zero-order chi connectivity index (χ0) is 17.6. The maximum absolute atomic E-state index is 12.4. The molecular weight excluding hydrogens is 312 g/mol.